The molecule has 6 heteroatoms. The van der Waals surface area contributed by atoms with E-state index in [1.54, 1.807) is 17.5 Å². The average Bonchev–Trinajstić information content (AvgIpc) is 3.00. The first kappa shape index (κ1) is 11.4. The first-order valence-corrected chi connectivity index (χ1v) is 7.00. The fourth-order valence-electron chi connectivity index (χ4n) is 1.74. The van der Waals surface area contributed by atoms with Gasteiger partial charge in [0.25, 0.3) is 0 Å². The predicted octanol–water partition coefficient (Wildman–Crippen LogP) is 3.22. The molecule has 3 heterocycles. The van der Waals surface area contributed by atoms with Gasteiger partial charge in [-0.05, 0) is 23.9 Å². The van der Waals surface area contributed by atoms with E-state index in [4.69, 9.17) is 0 Å². The SMILES string of the molecule is COC(=O)c1cn2cc(-c3sccc3C)nc2s1. The number of aromatic nitrogens is 2. The highest BCUT2D eigenvalue weighted by atomic mass is 32.1. The molecule has 0 spiro atoms. The Morgan fingerprint density at radius 2 is 2.28 bits per heavy atom. The number of ether oxygens (including phenoxy) is 1. The number of thiophene rings is 1. The fourth-order valence-corrected chi connectivity index (χ4v) is 3.50. The average molecular weight is 278 g/mol. The number of imidazole rings is 1. The molecule has 0 radical (unpaired) electrons. The van der Waals surface area contributed by atoms with Crippen LogP contribution in [0.1, 0.15) is 15.2 Å². The van der Waals surface area contributed by atoms with Gasteiger partial charge >= 0.3 is 5.97 Å². The summed E-state index contributed by atoms with van der Waals surface area (Å²) in [6.07, 6.45) is 3.70. The van der Waals surface area contributed by atoms with Gasteiger partial charge < -0.3 is 4.74 Å². The summed E-state index contributed by atoms with van der Waals surface area (Å²) in [4.78, 5) is 18.5. The van der Waals surface area contributed by atoms with Crippen LogP contribution in [0, 0.1) is 6.92 Å². The quantitative estimate of drug-likeness (QED) is 0.676. The molecule has 0 aliphatic heterocycles. The molecule has 0 aliphatic carbocycles. The number of thiazole rings is 1. The fraction of sp³-hybridized carbons (Fsp3) is 0.167. The molecule has 4 nitrogen and oxygen atoms in total. The monoisotopic (exact) mass is 278 g/mol. The third-order valence-corrected chi connectivity index (χ3v) is 4.65. The lowest BCUT2D eigenvalue weighted by Crippen LogP contribution is -1.97. The Kier molecular flexibility index (Phi) is 2.68. The van der Waals surface area contributed by atoms with Gasteiger partial charge in [0.1, 0.15) is 10.6 Å². The highest BCUT2D eigenvalue weighted by Crippen LogP contribution is 2.30. The Hall–Kier alpha value is -1.66. The number of esters is 1. The zero-order valence-electron chi connectivity index (χ0n) is 9.84. The molecule has 0 amide bonds. The van der Waals surface area contributed by atoms with Gasteiger partial charge in [0.2, 0.25) is 0 Å². The van der Waals surface area contributed by atoms with Crippen LogP contribution >= 0.6 is 22.7 Å². The molecule has 0 aromatic carbocycles. The number of fused-ring (bicyclic) bond motifs is 1. The number of carbonyl (C=O) groups is 1. The highest BCUT2D eigenvalue weighted by molar-refractivity contribution is 7.18. The maximum atomic E-state index is 11.4. The van der Waals surface area contributed by atoms with Gasteiger partial charge in [0.05, 0.1) is 12.0 Å². The molecule has 0 fully saturated rings. The minimum absolute atomic E-state index is 0.320. The van der Waals surface area contributed by atoms with Crippen molar-refractivity contribution in [3.8, 4) is 10.6 Å². The first-order valence-electron chi connectivity index (χ1n) is 5.30. The summed E-state index contributed by atoms with van der Waals surface area (Å²) in [5.74, 6) is -0.320. The lowest BCUT2D eigenvalue weighted by atomic mass is 10.2. The van der Waals surface area contributed by atoms with Gasteiger partial charge in [-0.15, -0.1) is 11.3 Å². The maximum absolute atomic E-state index is 11.4. The van der Waals surface area contributed by atoms with Crippen molar-refractivity contribution in [1.29, 1.82) is 0 Å². The number of rotatable bonds is 2. The van der Waals surface area contributed by atoms with Crippen LogP contribution in [0.4, 0.5) is 0 Å². The smallest absolute Gasteiger partial charge is 0.349 e. The van der Waals surface area contributed by atoms with Crippen molar-refractivity contribution in [2.75, 3.05) is 7.11 Å². The van der Waals surface area contributed by atoms with Gasteiger partial charge in [-0.25, -0.2) is 9.78 Å². The lowest BCUT2D eigenvalue weighted by Gasteiger charge is -1.93. The Labute approximate surface area is 111 Å². The zero-order chi connectivity index (χ0) is 12.7. The van der Waals surface area contributed by atoms with Gasteiger partial charge in [-0.3, -0.25) is 4.40 Å². The molecular formula is C12H10N2O2S2. The highest BCUT2D eigenvalue weighted by Gasteiger charge is 2.14. The predicted molar refractivity (Wildman–Crippen MR) is 72.5 cm³/mol. The number of nitrogens with zero attached hydrogens (tertiary/aromatic N) is 2. The van der Waals surface area contributed by atoms with Crippen molar-refractivity contribution in [2.45, 2.75) is 6.92 Å². The Morgan fingerprint density at radius 1 is 1.44 bits per heavy atom. The van der Waals surface area contributed by atoms with Crippen LogP contribution in [0.3, 0.4) is 0 Å². The van der Waals surface area contributed by atoms with Crippen molar-refractivity contribution in [3.05, 3.63) is 34.3 Å². The number of hydrogen-bond acceptors (Lipinski definition) is 5. The molecule has 0 bridgehead atoms. The van der Waals surface area contributed by atoms with Crippen LogP contribution in [0.25, 0.3) is 15.5 Å². The summed E-state index contributed by atoms with van der Waals surface area (Å²) >= 11 is 3.01. The molecule has 0 saturated heterocycles. The molecule has 18 heavy (non-hydrogen) atoms. The van der Waals surface area contributed by atoms with E-state index in [-0.39, 0.29) is 5.97 Å². The van der Waals surface area contributed by atoms with Crippen molar-refractivity contribution in [2.24, 2.45) is 0 Å². The van der Waals surface area contributed by atoms with E-state index in [0.29, 0.717) is 4.88 Å². The van der Waals surface area contributed by atoms with Crippen LogP contribution in [0.15, 0.2) is 23.8 Å². The van der Waals surface area contributed by atoms with Crippen molar-refractivity contribution >= 4 is 33.6 Å². The molecule has 0 atom stereocenters. The van der Waals surface area contributed by atoms with E-state index in [1.807, 2.05) is 10.6 Å². The number of aryl methyl sites for hydroxylation is 1. The lowest BCUT2D eigenvalue weighted by molar-refractivity contribution is 0.0606. The van der Waals surface area contributed by atoms with Crippen molar-refractivity contribution in [3.63, 3.8) is 0 Å². The molecule has 92 valence electrons. The molecule has 3 rings (SSSR count). The van der Waals surface area contributed by atoms with E-state index in [2.05, 4.69) is 28.1 Å². The van der Waals surface area contributed by atoms with Crippen LogP contribution in [0.5, 0.6) is 0 Å². The number of carbonyl (C=O) groups excluding carboxylic acids is 1. The number of methoxy groups -OCH3 is 1. The number of hydrogen-bond donors (Lipinski definition) is 0. The van der Waals surface area contributed by atoms with E-state index >= 15 is 0 Å². The van der Waals surface area contributed by atoms with Crippen LogP contribution < -0.4 is 0 Å². The second-order valence-electron chi connectivity index (χ2n) is 3.84. The second-order valence-corrected chi connectivity index (χ2v) is 5.76. The Morgan fingerprint density at radius 3 is 2.89 bits per heavy atom. The molecule has 0 saturated carbocycles. The molecule has 3 aromatic rings. The summed E-state index contributed by atoms with van der Waals surface area (Å²) < 4.78 is 6.56. The topological polar surface area (TPSA) is 43.6 Å². The largest absolute Gasteiger partial charge is 0.465 e. The van der Waals surface area contributed by atoms with Gasteiger partial charge in [0.15, 0.2) is 4.96 Å². The molecule has 0 N–H and O–H groups in total. The van der Waals surface area contributed by atoms with Crippen molar-refractivity contribution in [1.82, 2.24) is 9.38 Å². The third kappa shape index (κ3) is 1.74. The van der Waals surface area contributed by atoms with E-state index < -0.39 is 0 Å². The van der Waals surface area contributed by atoms with Crippen molar-refractivity contribution < 1.29 is 9.53 Å². The van der Waals surface area contributed by atoms with Gasteiger partial charge in [-0.1, -0.05) is 11.3 Å². The van der Waals surface area contributed by atoms with Crippen LogP contribution in [-0.2, 0) is 4.74 Å². The summed E-state index contributed by atoms with van der Waals surface area (Å²) in [6.45, 7) is 2.07. The van der Waals surface area contributed by atoms with Crippen LogP contribution in [-0.4, -0.2) is 22.5 Å². The maximum Gasteiger partial charge on any atom is 0.349 e. The van der Waals surface area contributed by atoms with E-state index in [9.17, 15) is 4.79 Å². The summed E-state index contributed by atoms with van der Waals surface area (Å²) in [7, 11) is 1.38. The third-order valence-electron chi connectivity index (χ3n) is 2.64. The summed E-state index contributed by atoms with van der Waals surface area (Å²) in [5, 5.41) is 2.05. The van der Waals surface area contributed by atoms with Gasteiger partial charge in [-0.2, -0.15) is 0 Å². The first-order chi connectivity index (χ1) is 8.69. The van der Waals surface area contributed by atoms with E-state index in [0.717, 1.165) is 10.7 Å². The minimum atomic E-state index is -0.320. The Bertz CT molecular complexity index is 692. The zero-order valence-corrected chi connectivity index (χ0v) is 11.5. The Balaban J connectivity index is 2.06. The van der Waals surface area contributed by atoms with Gasteiger partial charge in [0, 0.05) is 12.4 Å². The summed E-state index contributed by atoms with van der Waals surface area (Å²) in [6, 6.07) is 2.08. The van der Waals surface area contributed by atoms with Crippen LogP contribution in [0.2, 0.25) is 0 Å². The minimum Gasteiger partial charge on any atom is -0.465 e. The molecule has 0 aliphatic rings. The summed E-state index contributed by atoms with van der Waals surface area (Å²) in [5.41, 5.74) is 2.17. The second kappa shape index (κ2) is 4.22. The van der Waals surface area contributed by atoms with E-state index in [1.165, 1.54) is 28.9 Å². The molecule has 3 aromatic heterocycles. The standard InChI is InChI=1S/C12H10N2O2S2/c1-7-3-4-17-10(7)8-5-14-6-9(11(15)16-2)18-12(14)13-8/h3-6H,1-2H3. The normalized spacial score (nSPS) is 11.0. The molecular weight excluding hydrogens is 268 g/mol. The molecule has 0 unspecified atom stereocenters.